The average molecular weight is 311 g/mol. The Bertz CT molecular complexity index is 639. The third-order valence-electron chi connectivity index (χ3n) is 4.19. The molecule has 1 aliphatic rings. The van der Waals surface area contributed by atoms with Crippen LogP contribution in [0.3, 0.4) is 0 Å². The predicted molar refractivity (Wildman–Crippen MR) is 88.3 cm³/mol. The third kappa shape index (κ3) is 3.65. The van der Waals surface area contributed by atoms with Crippen molar-refractivity contribution in [3.63, 3.8) is 0 Å². The molecule has 0 radical (unpaired) electrons. The molecule has 0 saturated carbocycles. The zero-order valence-corrected chi connectivity index (χ0v) is 13.3. The number of methoxy groups -OCH3 is 1. The van der Waals surface area contributed by atoms with Crippen LogP contribution < -0.4 is 4.74 Å². The number of nitrogens with zero attached hydrogens (tertiary/aromatic N) is 1. The minimum atomic E-state index is -0.243. The van der Waals surface area contributed by atoms with Crippen LogP contribution >= 0.6 is 0 Å². The summed E-state index contributed by atoms with van der Waals surface area (Å²) in [5.41, 5.74) is 2.13. The maximum Gasteiger partial charge on any atom is 0.410 e. The van der Waals surface area contributed by atoms with Gasteiger partial charge in [0.25, 0.3) is 0 Å². The standard InChI is InChI=1S/C19H21NO3/c1-22-17-11-9-16(10-12-17)18-8-5-13-20(18)19(21)23-14-15-6-3-2-4-7-15/h2-4,6-7,9-12,18H,5,8,13-14H2,1H3/t18-/m1/s1. The summed E-state index contributed by atoms with van der Waals surface area (Å²) < 4.78 is 10.7. The van der Waals surface area contributed by atoms with Crippen LogP contribution in [0.25, 0.3) is 0 Å². The highest BCUT2D eigenvalue weighted by molar-refractivity contribution is 5.68. The summed E-state index contributed by atoms with van der Waals surface area (Å²) in [5.74, 6) is 0.824. The lowest BCUT2D eigenvalue weighted by Gasteiger charge is -2.24. The molecule has 0 spiro atoms. The first-order chi connectivity index (χ1) is 11.3. The van der Waals surface area contributed by atoms with Gasteiger partial charge in [-0.05, 0) is 36.1 Å². The van der Waals surface area contributed by atoms with Crippen LogP contribution in [0.4, 0.5) is 4.79 Å². The van der Waals surface area contributed by atoms with Gasteiger partial charge in [0, 0.05) is 6.54 Å². The van der Waals surface area contributed by atoms with Gasteiger partial charge in [0.15, 0.2) is 0 Å². The van der Waals surface area contributed by atoms with Crippen molar-refractivity contribution >= 4 is 6.09 Å². The molecule has 0 aromatic heterocycles. The van der Waals surface area contributed by atoms with E-state index in [0.29, 0.717) is 6.61 Å². The Morgan fingerprint density at radius 3 is 2.57 bits per heavy atom. The van der Waals surface area contributed by atoms with Crippen LogP contribution in [0.15, 0.2) is 54.6 Å². The minimum absolute atomic E-state index is 0.0872. The molecule has 4 heteroatoms. The second-order valence-corrected chi connectivity index (χ2v) is 5.66. The summed E-state index contributed by atoms with van der Waals surface area (Å²) in [7, 11) is 1.65. The molecule has 1 heterocycles. The van der Waals surface area contributed by atoms with Gasteiger partial charge in [-0.25, -0.2) is 4.79 Å². The monoisotopic (exact) mass is 311 g/mol. The number of hydrogen-bond acceptors (Lipinski definition) is 3. The van der Waals surface area contributed by atoms with E-state index in [1.807, 2.05) is 59.5 Å². The molecule has 4 nitrogen and oxygen atoms in total. The molecule has 2 aromatic rings. The Morgan fingerprint density at radius 1 is 1.13 bits per heavy atom. The van der Waals surface area contributed by atoms with E-state index in [1.54, 1.807) is 7.11 Å². The summed E-state index contributed by atoms with van der Waals surface area (Å²) in [5, 5.41) is 0. The van der Waals surface area contributed by atoms with Crippen LogP contribution in [-0.4, -0.2) is 24.6 Å². The van der Waals surface area contributed by atoms with Crippen molar-refractivity contribution in [2.75, 3.05) is 13.7 Å². The fourth-order valence-corrected chi connectivity index (χ4v) is 2.96. The average Bonchev–Trinajstić information content (AvgIpc) is 3.10. The number of amides is 1. The number of carbonyl (C=O) groups excluding carboxylic acids is 1. The molecule has 0 aliphatic carbocycles. The number of likely N-dealkylation sites (tertiary alicyclic amines) is 1. The molecule has 1 saturated heterocycles. The summed E-state index contributed by atoms with van der Waals surface area (Å²) in [6.07, 6.45) is 1.72. The van der Waals surface area contributed by atoms with Gasteiger partial charge in [-0.2, -0.15) is 0 Å². The largest absolute Gasteiger partial charge is 0.497 e. The lowest BCUT2D eigenvalue weighted by molar-refractivity contribution is 0.0921. The van der Waals surface area contributed by atoms with Crippen LogP contribution in [-0.2, 0) is 11.3 Å². The molecular weight excluding hydrogens is 290 g/mol. The molecule has 1 amide bonds. The fourth-order valence-electron chi connectivity index (χ4n) is 2.96. The van der Waals surface area contributed by atoms with Crippen molar-refractivity contribution in [2.45, 2.75) is 25.5 Å². The van der Waals surface area contributed by atoms with Gasteiger partial charge in [0.05, 0.1) is 13.2 Å². The van der Waals surface area contributed by atoms with Crippen molar-refractivity contribution in [1.29, 1.82) is 0 Å². The minimum Gasteiger partial charge on any atom is -0.497 e. The van der Waals surface area contributed by atoms with Gasteiger partial charge in [0.2, 0.25) is 0 Å². The molecule has 2 aromatic carbocycles. The van der Waals surface area contributed by atoms with Gasteiger partial charge < -0.3 is 14.4 Å². The van der Waals surface area contributed by atoms with Crippen LogP contribution in [0, 0.1) is 0 Å². The molecule has 0 unspecified atom stereocenters. The van der Waals surface area contributed by atoms with Gasteiger partial charge in [-0.1, -0.05) is 42.5 Å². The van der Waals surface area contributed by atoms with Gasteiger partial charge in [-0.15, -0.1) is 0 Å². The van der Waals surface area contributed by atoms with E-state index in [2.05, 4.69) is 0 Å². The van der Waals surface area contributed by atoms with Crippen LogP contribution in [0.1, 0.15) is 30.0 Å². The lowest BCUT2D eigenvalue weighted by atomic mass is 10.0. The molecule has 0 bridgehead atoms. The summed E-state index contributed by atoms with van der Waals surface area (Å²) >= 11 is 0. The van der Waals surface area contributed by atoms with E-state index in [0.717, 1.165) is 36.3 Å². The molecule has 3 rings (SSSR count). The predicted octanol–water partition coefficient (Wildman–Crippen LogP) is 4.17. The molecule has 23 heavy (non-hydrogen) atoms. The van der Waals surface area contributed by atoms with Gasteiger partial charge in [-0.3, -0.25) is 0 Å². The Hall–Kier alpha value is -2.49. The van der Waals surface area contributed by atoms with E-state index >= 15 is 0 Å². The summed E-state index contributed by atoms with van der Waals surface area (Å²) in [6.45, 7) is 1.05. The van der Waals surface area contributed by atoms with Crippen molar-refractivity contribution < 1.29 is 14.3 Å². The molecule has 120 valence electrons. The molecule has 1 fully saturated rings. The first kappa shape index (κ1) is 15.4. The highest BCUT2D eigenvalue weighted by atomic mass is 16.6. The lowest BCUT2D eigenvalue weighted by Crippen LogP contribution is -2.31. The maximum atomic E-state index is 12.4. The molecule has 0 N–H and O–H groups in total. The highest BCUT2D eigenvalue weighted by Gasteiger charge is 2.31. The first-order valence-corrected chi connectivity index (χ1v) is 7.89. The molecular formula is C19H21NO3. The van der Waals surface area contributed by atoms with Gasteiger partial charge >= 0.3 is 6.09 Å². The van der Waals surface area contributed by atoms with E-state index in [1.165, 1.54) is 0 Å². The summed E-state index contributed by atoms with van der Waals surface area (Å²) in [6, 6.07) is 17.7. The SMILES string of the molecule is COc1ccc([C@H]2CCCN2C(=O)OCc2ccccc2)cc1. The Kier molecular flexibility index (Phi) is 4.81. The van der Waals surface area contributed by atoms with E-state index in [-0.39, 0.29) is 12.1 Å². The number of rotatable bonds is 4. The van der Waals surface area contributed by atoms with E-state index < -0.39 is 0 Å². The second kappa shape index (κ2) is 7.18. The van der Waals surface area contributed by atoms with Crippen molar-refractivity contribution in [3.8, 4) is 5.75 Å². The van der Waals surface area contributed by atoms with Gasteiger partial charge in [0.1, 0.15) is 12.4 Å². The van der Waals surface area contributed by atoms with E-state index in [9.17, 15) is 4.79 Å². The Labute approximate surface area is 136 Å². The molecule has 1 atom stereocenters. The first-order valence-electron chi connectivity index (χ1n) is 7.89. The van der Waals surface area contributed by atoms with Crippen molar-refractivity contribution in [1.82, 2.24) is 4.90 Å². The highest BCUT2D eigenvalue weighted by Crippen LogP contribution is 2.33. The molecule has 1 aliphatic heterocycles. The topological polar surface area (TPSA) is 38.8 Å². The second-order valence-electron chi connectivity index (χ2n) is 5.66. The van der Waals surface area contributed by atoms with Crippen molar-refractivity contribution in [3.05, 3.63) is 65.7 Å². The normalized spacial score (nSPS) is 17.1. The zero-order valence-electron chi connectivity index (χ0n) is 13.3. The number of benzene rings is 2. The van der Waals surface area contributed by atoms with E-state index in [4.69, 9.17) is 9.47 Å². The quantitative estimate of drug-likeness (QED) is 0.850. The third-order valence-corrected chi connectivity index (χ3v) is 4.19. The number of carbonyl (C=O) groups is 1. The van der Waals surface area contributed by atoms with Crippen molar-refractivity contribution in [2.24, 2.45) is 0 Å². The summed E-state index contributed by atoms with van der Waals surface area (Å²) in [4.78, 5) is 14.2. The Morgan fingerprint density at radius 2 is 1.87 bits per heavy atom. The smallest absolute Gasteiger partial charge is 0.410 e. The number of hydrogen-bond donors (Lipinski definition) is 0. The number of ether oxygens (including phenoxy) is 2. The Balaban J connectivity index is 1.64. The zero-order chi connectivity index (χ0) is 16.1. The fraction of sp³-hybridized carbons (Fsp3) is 0.316. The van der Waals surface area contributed by atoms with Crippen LogP contribution in [0.2, 0.25) is 0 Å². The van der Waals surface area contributed by atoms with Crippen LogP contribution in [0.5, 0.6) is 5.75 Å². The maximum absolute atomic E-state index is 12.4.